The molecule has 0 radical (unpaired) electrons. The molecule has 0 aliphatic carbocycles. The molecule has 2 heterocycles. The van der Waals surface area contributed by atoms with Gasteiger partial charge >= 0.3 is 0 Å². The lowest BCUT2D eigenvalue weighted by atomic mass is 9.88. The van der Waals surface area contributed by atoms with Crippen LogP contribution in [-0.2, 0) is 5.60 Å². The summed E-state index contributed by atoms with van der Waals surface area (Å²) in [5, 5.41) is 11.6. The summed E-state index contributed by atoms with van der Waals surface area (Å²) in [5.74, 6) is 0.739. The van der Waals surface area contributed by atoms with Crippen molar-refractivity contribution >= 4 is 11.0 Å². The van der Waals surface area contributed by atoms with Gasteiger partial charge in [-0.25, -0.2) is 4.39 Å². The van der Waals surface area contributed by atoms with E-state index in [1.807, 2.05) is 6.07 Å². The fourth-order valence-electron chi connectivity index (χ4n) is 3.13. The van der Waals surface area contributed by atoms with Gasteiger partial charge in [-0.05, 0) is 30.9 Å². The fourth-order valence-corrected chi connectivity index (χ4v) is 3.13. The predicted molar refractivity (Wildman–Crippen MR) is 80.6 cm³/mol. The molecule has 0 unspecified atom stereocenters. The van der Waals surface area contributed by atoms with Crippen molar-refractivity contribution in [1.82, 2.24) is 4.90 Å². The number of furan rings is 1. The van der Waals surface area contributed by atoms with Crippen LogP contribution in [0.1, 0.15) is 32.4 Å². The van der Waals surface area contributed by atoms with Crippen LogP contribution in [-0.4, -0.2) is 29.6 Å². The summed E-state index contributed by atoms with van der Waals surface area (Å²) in [6.07, 6.45) is 1.25. The van der Waals surface area contributed by atoms with E-state index in [4.69, 9.17) is 4.42 Å². The molecule has 1 aliphatic rings. The van der Waals surface area contributed by atoms with Crippen LogP contribution < -0.4 is 0 Å². The Morgan fingerprint density at radius 3 is 2.67 bits per heavy atom. The quantitative estimate of drug-likeness (QED) is 0.940. The summed E-state index contributed by atoms with van der Waals surface area (Å²) >= 11 is 0. The Bertz CT molecular complexity index is 627. The zero-order valence-electron chi connectivity index (χ0n) is 12.6. The van der Waals surface area contributed by atoms with Crippen molar-refractivity contribution in [1.29, 1.82) is 0 Å². The lowest BCUT2D eigenvalue weighted by Crippen LogP contribution is -2.43. The molecule has 0 atom stereocenters. The average molecular weight is 291 g/mol. The van der Waals surface area contributed by atoms with Crippen molar-refractivity contribution in [3.63, 3.8) is 0 Å². The molecule has 1 N–H and O–H groups in total. The molecule has 2 aromatic rings. The van der Waals surface area contributed by atoms with Crippen LogP contribution in [0.4, 0.5) is 4.39 Å². The molecule has 21 heavy (non-hydrogen) atoms. The van der Waals surface area contributed by atoms with E-state index in [1.165, 1.54) is 6.07 Å². The lowest BCUT2D eigenvalue weighted by molar-refractivity contribution is -0.0428. The zero-order chi connectivity index (χ0) is 15.0. The van der Waals surface area contributed by atoms with E-state index < -0.39 is 5.60 Å². The first-order chi connectivity index (χ1) is 9.98. The van der Waals surface area contributed by atoms with Gasteiger partial charge in [0.25, 0.3) is 0 Å². The molecule has 3 rings (SSSR count). The molecule has 0 amide bonds. The van der Waals surface area contributed by atoms with Gasteiger partial charge in [-0.2, -0.15) is 0 Å². The molecule has 1 aromatic carbocycles. The first-order valence-corrected chi connectivity index (χ1v) is 7.61. The van der Waals surface area contributed by atoms with Crippen molar-refractivity contribution in [3.05, 3.63) is 35.8 Å². The Kier molecular flexibility index (Phi) is 3.76. The Morgan fingerprint density at radius 2 is 2.05 bits per heavy atom. The van der Waals surface area contributed by atoms with Gasteiger partial charge < -0.3 is 14.4 Å². The van der Waals surface area contributed by atoms with E-state index in [0.29, 0.717) is 29.9 Å². The minimum absolute atomic E-state index is 0.241. The van der Waals surface area contributed by atoms with E-state index >= 15 is 0 Å². The van der Waals surface area contributed by atoms with Gasteiger partial charge in [0.05, 0.1) is 0 Å². The Labute approximate surface area is 124 Å². The van der Waals surface area contributed by atoms with Crippen LogP contribution in [0.2, 0.25) is 0 Å². The highest BCUT2D eigenvalue weighted by Gasteiger charge is 2.37. The van der Waals surface area contributed by atoms with Crippen molar-refractivity contribution in [2.75, 3.05) is 19.6 Å². The summed E-state index contributed by atoms with van der Waals surface area (Å²) in [4.78, 5) is 2.36. The Hall–Kier alpha value is -1.39. The van der Waals surface area contributed by atoms with Crippen molar-refractivity contribution in [3.8, 4) is 0 Å². The number of fused-ring (bicyclic) bond motifs is 1. The second kappa shape index (κ2) is 5.43. The molecule has 1 saturated heterocycles. The number of nitrogens with zero attached hydrogens (tertiary/aromatic N) is 1. The molecule has 1 aromatic heterocycles. The molecule has 0 saturated carbocycles. The van der Waals surface area contributed by atoms with E-state index in [-0.39, 0.29) is 11.4 Å². The minimum Gasteiger partial charge on any atom is -0.455 e. The van der Waals surface area contributed by atoms with Gasteiger partial charge in [0.15, 0.2) is 11.4 Å². The fraction of sp³-hybridized carbons (Fsp3) is 0.529. The molecular formula is C17H22FNO2. The first-order valence-electron chi connectivity index (χ1n) is 7.61. The second-order valence-electron chi connectivity index (χ2n) is 6.49. The third-order valence-corrected chi connectivity index (χ3v) is 4.26. The molecule has 0 bridgehead atoms. The number of rotatable bonds is 3. The van der Waals surface area contributed by atoms with Crippen LogP contribution >= 0.6 is 0 Å². The summed E-state index contributed by atoms with van der Waals surface area (Å²) in [6.45, 7) is 7.12. The minimum atomic E-state index is -0.973. The van der Waals surface area contributed by atoms with Crippen LogP contribution in [0.5, 0.6) is 0 Å². The van der Waals surface area contributed by atoms with E-state index in [1.54, 1.807) is 12.1 Å². The number of hydrogen-bond donors (Lipinski definition) is 1. The van der Waals surface area contributed by atoms with Gasteiger partial charge in [-0.3, -0.25) is 0 Å². The third-order valence-electron chi connectivity index (χ3n) is 4.26. The van der Waals surface area contributed by atoms with E-state index in [2.05, 4.69) is 18.7 Å². The summed E-state index contributed by atoms with van der Waals surface area (Å²) in [5.41, 5.74) is -0.732. The molecule has 1 fully saturated rings. The number of para-hydroxylation sites is 1. The number of hydrogen-bond acceptors (Lipinski definition) is 3. The van der Waals surface area contributed by atoms with Gasteiger partial charge in [0, 0.05) is 25.0 Å². The topological polar surface area (TPSA) is 36.6 Å². The van der Waals surface area contributed by atoms with Crippen LogP contribution in [0.25, 0.3) is 11.0 Å². The van der Waals surface area contributed by atoms with Crippen molar-refractivity contribution in [2.24, 2.45) is 5.92 Å². The van der Waals surface area contributed by atoms with Gasteiger partial charge in [-0.1, -0.05) is 26.0 Å². The number of piperidine rings is 1. The van der Waals surface area contributed by atoms with Crippen molar-refractivity contribution < 1.29 is 13.9 Å². The summed E-state index contributed by atoms with van der Waals surface area (Å²) in [7, 11) is 0. The second-order valence-corrected chi connectivity index (χ2v) is 6.49. The van der Waals surface area contributed by atoms with Gasteiger partial charge in [-0.15, -0.1) is 0 Å². The predicted octanol–water partition coefficient (Wildman–Crippen LogP) is 3.51. The lowest BCUT2D eigenvalue weighted by Gasteiger charge is -2.37. The molecule has 3 nitrogen and oxygen atoms in total. The van der Waals surface area contributed by atoms with Crippen LogP contribution in [0, 0.1) is 11.7 Å². The molecule has 114 valence electrons. The number of aliphatic hydroxyl groups is 1. The van der Waals surface area contributed by atoms with Crippen LogP contribution in [0.15, 0.2) is 28.7 Å². The standard InChI is InChI=1S/C17H22FNO2/c1-12(2)11-19-8-6-17(20,7-9-19)15-10-13-4-3-5-14(18)16(13)21-15/h3-5,10,12,20H,6-9,11H2,1-2H3. The summed E-state index contributed by atoms with van der Waals surface area (Å²) < 4.78 is 19.3. The largest absolute Gasteiger partial charge is 0.455 e. The Morgan fingerprint density at radius 1 is 1.33 bits per heavy atom. The van der Waals surface area contributed by atoms with E-state index in [9.17, 15) is 9.50 Å². The zero-order valence-corrected chi connectivity index (χ0v) is 12.6. The van der Waals surface area contributed by atoms with E-state index in [0.717, 1.165) is 19.6 Å². The maximum atomic E-state index is 13.7. The Balaban J connectivity index is 1.81. The molecule has 4 heteroatoms. The number of halogens is 1. The van der Waals surface area contributed by atoms with Crippen molar-refractivity contribution in [2.45, 2.75) is 32.3 Å². The van der Waals surface area contributed by atoms with Gasteiger partial charge in [0.1, 0.15) is 11.4 Å². The number of benzene rings is 1. The average Bonchev–Trinajstić information content (AvgIpc) is 2.87. The normalized spacial score (nSPS) is 19.5. The number of likely N-dealkylation sites (tertiary alicyclic amines) is 1. The SMILES string of the molecule is CC(C)CN1CCC(O)(c2cc3cccc(F)c3o2)CC1. The third kappa shape index (κ3) is 2.83. The molecular weight excluding hydrogens is 269 g/mol. The van der Waals surface area contributed by atoms with Crippen LogP contribution in [0.3, 0.4) is 0 Å². The monoisotopic (exact) mass is 291 g/mol. The molecule has 0 spiro atoms. The maximum Gasteiger partial charge on any atom is 0.170 e. The maximum absolute atomic E-state index is 13.7. The first kappa shape index (κ1) is 14.5. The van der Waals surface area contributed by atoms with Gasteiger partial charge in [0.2, 0.25) is 0 Å². The molecule has 1 aliphatic heterocycles. The highest BCUT2D eigenvalue weighted by molar-refractivity contribution is 5.78. The summed E-state index contributed by atoms with van der Waals surface area (Å²) in [6, 6.07) is 6.62. The highest BCUT2D eigenvalue weighted by atomic mass is 19.1. The smallest absolute Gasteiger partial charge is 0.170 e. The highest BCUT2D eigenvalue weighted by Crippen LogP contribution is 2.36.